The molecule has 4 nitrogen and oxygen atoms in total. The normalized spacial score (nSPS) is 28.3. The van der Waals surface area contributed by atoms with Crippen molar-refractivity contribution in [3.63, 3.8) is 0 Å². The molecule has 19 heavy (non-hydrogen) atoms. The highest BCUT2D eigenvalue weighted by Gasteiger charge is 2.23. The zero-order valence-electron chi connectivity index (χ0n) is 11.9. The zero-order chi connectivity index (χ0) is 13.2. The second-order valence-electron chi connectivity index (χ2n) is 6.05. The van der Waals surface area contributed by atoms with E-state index < -0.39 is 0 Å². The Morgan fingerprint density at radius 1 is 1.32 bits per heavy atom. The molecule has 0 amide bonds. The summed E-state index contributed by atoms with van der Waals surface area (Å²) >= 11 is 0. The van der Waals surface area contributed by atoms with Gasteiger partial charge in [0.25, 0.3) is 0 Å². The van der Waals surface area contributed by atoms with Crippen LogP contribution in [0.5, 0.6) is 0 Å². The molecule has 0 bridgehead atoms. The van der Waals surface area contributed by atoms with Gasteiger partial charge in [-0.2, -0.15) is 0 Å². The minimum Gasteiger partial charge on any atom is -0.385 e. The Hall–Kier alpha value is -0.870. The van der Waals surface area contributed by atoms with Gasteiger partial charge in [-0.25, -0.2) is 4.98 Å². The number of nitrogens with zero attached hydrogens (tertiary/aromatic N) is 3. The van der Waals surface area contributed by atoms with Crippen LogP contribution >= 0.6 is 0 Å². The maximum atomic E-state index is 9.97. The van der Waals surface area contributed by atoms with Crippen LogP contribution < -0.4 is 0 Å². The molecule has 1 aromatic rings. The SMILES string of the molecule is CCN1CCCC(Cc2cn3c(n2)C(O)CCC3)C1. The van der Waals surface area contributed by atoms with Gasteiger partial charge >= 0.3 is 0 Å². The van der Waals surface area contributed by atoms with Crippen molar-refractivity contribution >= 4 is 0 Å². The molecule has 2 aliphatic rings. The lowest BCUT2D eigenvalue weighted by Gasteiger charge is -2.31. The van der Waals surface area contributed by atoms with Crippen LogP contribution in [0.4, 0.5) is 0 Å². The molecular formula is C15H25N3O. The summed E-state index contributed by atoms with van der Waals surface area (Å²) in [7, 11) is 0. The Morgan fingerprint density at radius 2 is 2.16 bits per heavy atom. The van der Waals surface area contributed by atoms with E-state index in [0.29, 0.717) is 0 Å². The summed E-state index contributed by atoms with van der Waals surface area (Å²) in [6.07, 6.45) is 7.46. The minimum absolute atomic E-state index is 0.346. The lowest BCUT2D eigenvalue weighted by Crippen LogP contribution is -2.35. The molecule has 0 spiro atoms. The van der Waals surface area contributed by atoms with E-state index >= 15 is 0 Å². The van der Waals surface area contributed by atoms with Gasteiger partial charge in [-0.1, -0.05) is 6.92 Å². The first-order chi connectivity index (χ1) is 9.26. The van der Waals surface area contributed by atoms with E-state index in [2.05, 4.69) is 27.6 Å². The van der Waals surface area contributed by atoms with E-state index in [-0.39, 0.29) is 6.10 Å². The molecule has 1 aromatic heterocycles. The van der Waals surface area contributed by atoms with E-state index in [0.717, 1.165) is 44.1 Å². The topological polar surface area (TPSA) is 41.3 Å². The zero-order valence-corrected chi connectivity index (χ0v) is 11.9. The van der Waals surface area contributed by atoms with Crippen LogP contribution in [-0.2, 0) is 13.0 Å². The number of likely N-dealkylation sites (tertiary alicyclic amines) is 1. The first-order valence-electron chi connectivity index (χ1n) is 7.72. The molecule has 2 aliphatic heterocycles. The number of aliphatic hydroxyl groups excluding tert-OH is 1. The van der Waals surface area contributed by atoms with Crippen molar-refractivity contribution < 1.29 is 5.11 Å². The Kier molecular flexibility index (Phi) is 3.89. The fourth-order valence-corrected chi connectivity index (χ4v) is 3.51. The first kappa shape index (κ1) is 13.1. The Labute approximate surface area is 115 Å². The van der Waals surface area contributed by atoms with Gasteiger partial charge in [0.1, 0.15) is 11.9 Å². The molecule has 1 fully saturated rings. The fraction of sp³-hybridized carbons (Fsp3) is 0.800. The molecule has 2 unspecified atom stereocenters. The number of hydrogen-bond donors (Lipinski definition) is 1. The van der Waals surface area contributed by atoms with E-state index in [9.17, 15) is 5.11 Å². The van der Waals surface area contributed by atoms with Gasteiger partial charge in [0.2, 0.25) is 0 Å². The van der Waals surface area contributed by atoms with E-state index in [1.165, 1.54) is 31.6 Å². The molecule has 3 heterocycles. The van der Waals surface area contributed by atoms with Crippen molar-refractivity contribution in [2.75, 3.05) is 19.6 Å². The summed E-state index contributed by atoms with van der Waals surface area (Å²) in [5.41, 5.74) is 1.18. The highest BCUT2D eigenvalue weighted by molar-refractivity contribution is 5.09. The summed E-state index contributed by atoms with van der Waals surface area (Å²) in [5, 5.41) is 9.97. The van der Waals surface area contributed by atoms with Gasteiger partial charge in [-0.15, -0.1) is 0 Å². The van der Waals surface area contributed by atoms with Crippen molar-refractivity contribution in [1.82, 2.24) is 14.5 Å². The predicted octanol–water partition coefficient (Wildman–Crippen LogP) is 1.98. The van der Waals surface area contributed by atoms with Crippen molar-refractivity contribution in [3.05, 3.63) is 17.7 Å². The molecule has 0 radical (unpaired) electrons. The van der Waals surface area contributed by atoms with Gasteiger partial charge in [0, 0.05) is 19.3 Å². The third-order valence-corrected chi connectivity index (χ3v) is 4.58. The Balaban J connectivity index is 1.66. The Morgan fingerprint density at radius 3 is 2.95 bits per heavy atom. The highest BCUT2D eigenvalue weighted by atomic mass is 16.3. The molecule has 0 saturated carbocycles. The van der Waals surface area contributed by atoms with Gasteiger partial charge in [-0.05, 0) is 51.1 Å². The first-order valence-corrected chi connectivity index (χ1v) is 7.72. The van der Waals surface area contributed by atoms with Crippen LogP contribution in [0.1, 0.15) is 50.2 Å². The van der Waals surface area contributed by atoms with Gasteiger partial charge in [0.15, 0.2) is 0 Å². The van der Waals surface area contributed by atoms with Crippen LogP contribution in [0, 0.1) is 5.92 Å². The Bertz CT molecular complexity index is 429. The predicted molar refractivity (Wildman–Crippen MR) is 75.0 cm³/mol. The van der Waals surface area contributed by atoms with Crippen LogP contribution in [-0.4, -0.2) is 39.2 Å². The molecule has 3 rings (SSSR count). The average Bonchev–Trinajstić information content (AvgIpc) is 2.83. The molecule has 4 heteroatoms. The quantitative estimate of drug-likeness (QED) is 0.906. The van der Waals surface area contributed by atoms with E-state index in [4.69, 9.17) is 0 Å². The minimum atomic E-state index is -0.346. The van der Waals surface area contributed by atoms with E-state index in [1.807, 2.05) is 0 Å². The number of hydrogen-bond acceptors (Lipinski definition) is 3. The summed E-state index contributed by atoms with van der Waals surface area (Å²) in [6, 6.07) is 0. The second-order valence-corrected chi connectivity index (χ2v) is 6.05. The summed E-state index contributed by atoms with van der Waals surface area (Å²) < 4.78 is 2.16. The largest absolute Gasteiger partial charge is 0.385 e. The van der Waals surface area contributed by atoms with Crippen molar-refractivity contribution in [2.24, 2.45) is 5.92 Å². The van der Waals surface area contributed by atoms with Gasteiger partial charge in [0.05, 0.1) is 5.69 Å². The monoisotopic (exact) mass is 263 g/mol. The van der Waals surface area contributed by atoms with Crippen LogP contribution in [0.3, 0.4) is 0 Å². The molecule has 1 N–H and O–H groups in total. The third-order valence-electron chi connectivity index (χ3n) is 4.58. The third kappa shape index (κ3) is 2.84. The molecule has 2 atom stereocenters. The van der Waals surface area contributed by atoms with Crippen LogP contribution in [0.2, 0.25) is 0 Å². The second kappa shape index (κ2) is 5.63. The van der Waals surface area contributed by atoms with Crippen LogP contribution in [0.25, 0.3) is 0 Å². The number of imidazole rings is 1. The number of piperidine rings is 1. The smallest absolute Gasteiger partial charge is 0.137 e. The van der Waals surface area contributed by atoms with Gasteiger partial charge < -0.3 is 14.6 Å². The van der Waals surface area contributed by atoms with Crippen LogP contribution in [0.15, 0.2) is 6.20 Å². The molecule has 0 aliphatic carbocycles. The number of aryl methyl sites for hydroxylation is 1. The highest BCUT2D eigenvalue weighted by Crippen LogP contribution is 2.26. The summed E-state index contributed by atoms with van der Waals surface area (Å²) in [5.74, 6) is 1.63. The maximum absolute atomic E-state index is 9.97. The average molecular weight is 263 g/mol. The number of rotatable bonds is 3. The van der Waals surface area contributed by atoms with E-state index in [1.54, 1.807) is 0 Å². The van der Waals surface area contributed by atoms with Crippen molar-refractivity contribution in [3.8, 4) is 0 Å². The maximum Gasteiger partial charge on any atom is 0.137 e. The van der Waals surface area contributed by atoms with Crippen molar-refractivity contribution in [2.45, 2.75) is 51.7 Å². The lowest BCUT2D eigenvalue weighted by molar-refractivity contribution is 0.133. The molecular weight excluding hydrogens is 238 g/mol. The lowest BCUT2D eigenvalue weighted by atomic mass is 9.94. The number of aromatic nitrogens is 2. The van der Waals surface area contributed by atoms with Gasteiger partial charge in [-0.3, -0.25) is 0 Å². The van der Waals surface area contributed by atoms with Crippen molar-refractivity contribution in [1.29, 1.82) is 0 Å². The summed E-state index contributed by atoms with van der Waals surface area (Å²) in [4.78, 5) is 7.21. The standard InChI is InChI=1S/C15H25N3O/c1-2-17-7-3-5-12(10-17)9-13-11-18-8-4-6-14(19)15(18)16-13/h11-12,14,19H,2-10H2,1H3. The molecule has 0 aromatic carbocycles. The molecule has 1 saturated heterocycles. The summed E-state index contributed by atoms with van der Waals surface area (Å²) in [6.45, 7) is 6.89. The number of aliphatic hydroxyl groups is 1. The fourth-order valence-electron chi connectivity index (χ4n) is 3.51. The number of fused-ring (bicyclic) bond motifs is 1. The molecule has 106 valence electrons.